The molecule has 112 valence electrons. The second-order valence-corrected chi connectivity index (χ2v) is 5.99. The van der Waals surface area contributed by atoms with Crippen molar-refractivity contribution in [2.75, 3.05) is 0 Å². The van der Waals surface area contributed by atoms with Gasteiger partial charge < -0.3 is 5.73 Å². The summed E-state index contributed by atoms with van der Waals surface area (Å²) >= 11 is 0. The Labute approximate surface area is 135 Å². The number of hydrogen-bond donors (Lipinski definition) is 1. The highest BCUT2D eigenvalue weighted by Gasteiger charge is 2.50. The van der Waals surface area contributed by atoms with Gasteiger partial charge in [0.2, 0.25) is 0 Å². The van der Waals surface area contributed by atoms with E-state index < -0.39 is 11.3 Å². The van der Waals surface area contributed by atoms with Gasteiger partial charge in [0.25, 0.3) is 0 Å². The van der Waals surface area contributed by atoms with E-state index in [0.717, 1.165) is 42.4 Å². The van der Waals surface area contributed by atoms with E-state index in [9.17, 15) is 15.8 Å². The lowest BCUT2D eigenvalue weighted by Crippen LogP contribution is -2.38. The van der Waals surface area contributed by atoms with Gasteiger partial charge in [-0.3, -0.25) is 0 Å². The van der Waals surface area contributed by atoms with Crippen LogP contribution in [0.2, 0.25) is 0 Å². The molecule has 23 heavy (non-hydrogen) atoms. The maximum Gasteiger partial charge on any atom is 0.194 e. The normalized spacial score (nSPS) is 22.6. The van der Waals surface area contributed by atoms with Crippen LogP contribution in [0.1, 0.15) is 37.2 Å². The lowest BCUT2D eigenvalue weighted by atomic mass is 9.60. The van der Waals surface area contributed by atoms with E-state index in [1.165, 1.54) is 0 Å². The van der Waals surface area contributed by atoms with Crippen molar-refractivity contribution in [1.82, 2.24) is 0 Å². The molecule has 0 aromatic heterocycles. The molecule has 0 radical (unpaired) electrons. The molecule has 0 saturated carbocycles. The SMILES string of the molecule is N#CC1=C(N)C(C#N)(C#N)C(c2ccccc2)C2=C1CCCC2. The third-order valence-electron chi connectivity index (χ3n) is 4.89. The Balaban J connectivity index is 2.34. The Kier molecular flexibility index (Phi) is 3.65. The van der Waals surface area contributed by atoms with Crippen LogP contribution < -0.4 is 5.73 Å². The number of benzene rings is 1. The zero-order valence-electron chi connectivity index (χ0n) is 12.7. The van der Waals surface area contributed by atoms with Crippen molar-refractivity contribution in [2.45, 2.75) is 31.6 Å². The predicted molar refractivity (Wildman–Crippen MR) is 85.2 cm³/mol. The van der Waals surface area contributed by atoms with Gasteiger partial charge in [0.1, 0.15) is 6.07 Å². The summed E-state index contributed by atoms with van der Waals surface area (Å²) in [6.07, 6.45) is 3.60. The van der Waals surface area contributed by atoms with Crippen LogP contribution in [0.15, 0.2) is 52.7 Å². The van der Waals surface area contributed by atoms with Gasteiger partial charge >= 0.3 is 0 Å². The molecule has 0 fully saturated rings. The maximum atomic E-state index is 9.83. The summed E-state index contributed by atoms with van der Waals surface area (Å²) in [5.74, 6) is -0.397. The average molecular weight is 300 g/mol. The predicted octanol–water partition coefficient (Wildman–Crippen LogP) is 3.42. The molecule has 0 heterocycles. The molecule has 0 amide bonds. The number of nitriles is 3. The number of hydrogen-bond acceptors (Lipinski definition) is 4. The van der Waals surface area contributed by atoms with Crippen LogP contribution >= 0.6 is 0 Å². The fraction of sp³-hybridized carbons (Fsp3) is 0.316. The molecule has 0 saturated heterocycles. The Hall–Kier alpha value is -3.03. The number of allylic oxidation sites excluding steroid dienone is 4. The summed E-state index contributed by atoms with van der Waals surface area (Å²) in [5, 5.41) is 29.2. The maximum absolute atomic E-state index is 9.83. The van der Waals surface area contributed by atoms with Crippen molar-refractivity contribution in [2.24, 2.45) is 11.1 Å². The second-order valence-electron chi connectivity index (χ2n) is 5.99. The van der Waals surface area contributed by atoms with Crippen molar-refractivity contribution in [1.29, 1.82) is 15.8 Å². The van der Waals surface area contributed by atoms with E-state index in [-0.39, 0.29) is 5.70 Å². The third kappa shape index (κ3) is 2.02. The lowest BCUT2D eigenvalue weighted by molar-refractivity contribution is 0.468. The Morgan fingerprint density at radius 3 is 2.26 bits per heavy atom. The largest absolute Gasteiger partial charge is 0.399 e. The van der Waals surface area contributed by atoms with Crippen molar-refractivity contribution < 1.29 is 0 Å². The minimum absolute atomic E-state index is 0.111. The Morgan fingerprint density at radius 2 is 1.65 bits per heavy atom. The first-order valence-electron chi connectivity index (χ1n) is 7.69. The number of rotatable bonds is 1. The molecule has 0 bridgehead atoms. The summed E-state index contributed by atoms with van der Waals surface area (Å²) in [4.78, 5) is 0. The van der Waals surface area contributed by atoms with E-state index in [1.807, 2.05) is 30.3 Å². The highest BCUT2D eigenvalue weighted by atomic mass is 14.7. The van der Waals surface area contributed by atoms with Crippen LogP contribution in [-0.2, 0) is 0 Å². The first kappa shape index (κ1) is 14.9. The zero-order valence-corrected chi connectivity index (χ0v) is 12.7. The molecule has 2 aliphatic rings. The summed E-state index contributed by atoms with van der Waals surface area (Å²) in [6.45, 7) is 0. The van der Waals surface area contributed by atoms with Crippen molar-refractivity contribution in [3.8, 4) is 18.2 Å². The van der Waals surface area contributed by atoms with Crippen LogP contribution in [-0.4, -0.2) is 0 Å². The molecule has 1 aromatic rings. The molecule has 0 aliphatic heterocycles. The first-order valence-corrected chi connectivity index (χ1v) is 7.69. The van der Waals surface area contributed by atoms with E-state index in [1.54, 1.807) is 0 Å². The molecule has 0 spiro atoms. The molecule has 1 atom stereocenters. The Bertz CT molecular complexity index is 811. The number of nitrogens with two attached hydrogens (primary N) is 1. The van der Waals surface area contributed by atoms with Crippen LogP contribution in [0.25, 0.3) is 0 Å². The fourth-order valence-electron chi connectivity index (χ4n) is 3.81. The monoisotopic (exact) mass is 300 g/mol. The summed E-state index contributed by atoms with van der Waals surface area (Å²) < 4.78 is 0. The molecule has 3 rings (SSSR count). The fourth-order valence-corrected chi connectivity index (χ4v) is 3.81. The molecular formula is C19H16N4. The molecule has 4 heteroatoms. The van der Waals surface area contributed by atoms with Gasteiger partial charge in [-0.05, 0) is 36.8 Å². The standard InChI is InChI=1S/C19H16N4/c20-10-16-14-8-4-5-9-15(14)17(13-6-2-1-3-7-13)19(11-21,12-22)18(16)23/h1-3,6-7,17H,4-5,8-9,23H2. The van der Waals surface area contributed by atoms with Crippen molar-refractivity contribution in [3.05, 3.63) is 58.3 Å². The molecular weight excluding hydrogens is 284 g/mol. The van der Waals surface area contributed by atoms with Gasteiger partial charge in [-0.2, -0.15) is 15.8 Å². The third-order valence-corrected chi connectivity index (χ3v) is 4.89. The second kappa shape index (κ2) is 5.64. The van der Waals surface area contributed by atoms with E-state index in [4.69, 9.17) is 5.73 Å². The van der Waals surface area contributed by atoms with Gasteiger partial charge in [0.05, 0.1) is 23.4 Å². The minimum Gasteiger partial charge on any atom is -0.399 e. The van der Waals surface area contributed by atoms with Gasteiger partial charge in [-0.15, -0.1) is 0 Å². The van der Waals surface area contributed by atoms with E-state index in [2.05, 4.69) is 18.2 Å². The summed E-state index contributed by atoms with van der Waals surface area (Å²) in [6, 6.07) is 16.0. The average Bonchev–Trinajstić information content (AvgIpc) is 2.61. The minimum atomic E-state index is -1.51. The van der Waals surface area contributed by atoms with Gasteiger partial charge in [0, 0.05) is 5.92 Å². The topological polar surface area (TPSA) is 97.4 Å². The highest BCUT2D eigenvalue weighted by Crippen LogP contribution is 2.54. The van der Waals surface area contributed by atoms with Crippen molar-refractivity contribution >= 4 is 0 Å². The van der Waals surface area contributed by atoms with Gasteiger partial charge in [-0.25, -0.2) is 0 Å². The number of nitrogens with zero attached hydrogens (tertiary/aromatic N) is 3. The molecule has 2 N–H and O–H groups in total. The summed E-state index contributed by atoms with van der Waals surface area (Å²) in [5.41, 5.74) is 8.04. The Morgan fingerprint density at radius 1 is 1.00 bits per heavy atom. The summed E-state index contributed by atoms with van der Waals surface area (Å²) in [7, 11) is 0. The molecule has 1 unspecified atom stereocenters. The molecule has 4 nitrogen and oxygen atoms in total. The molecule has 2 aliphatic carbocycles. The lowest BCUT2D eigenvalue weighted by Gasteiger charge is -2.39. The van der Waals surface area contributed by atoms with Crippen LogP contribution in [0.4, 0.5) is 0 Å². The van der Waals surface area contributed by atoms with E-state index >= 15 is 0 Å². The van der Waals surface area contributed by atoms with Crippen LogP contribution in [0.3, 0.4) is 0 Å². The smallest absolute Gasteiger partial charge is 0.194 e. The van der Waals surface area contributed by atoms with E-state index in [0.29, 0.717) is 5.57 Å². The van der Waals surface area contributed by atoms with Gasteiger partial charge in [0.15, 0.2) is 5.41 Å². The molecule has 1 aromatic carbocycles. The van der Waals surface area contributed by atoms with Crippen LogP contribution in [0, 0.1) is 39.4 Å². The quantitative estimate of drug-likeness (QED) is 0.859. The van der Waals surface area contributed by atoms with Crippen LogP contribution in [0.5, 0.6) is 0 Å². The van der Waals surface area contributed by atoms with Gasteiger partial charge in [-0.1, -0.05) is 35.9 Å². The highest BCUT2D eigenvalue weighted by molar-refractivity contribution is 5.62. The zero-order chi connectivity index (χ0) is 16.4. The first-order chi connectivity index (χ1) is 11.2. The van der Waals surface area contributed by atoms with Crippen molar-refractivity contribution in [3.63, 3.8) is 0 Å².